The summed E-state index contributed by atoms with van der Waals surface area (Å²) >= 11 is 0. The third kappa shape index (κ3) is 2.38. The van der Waals surface area contributed by atoms with Crippen LogP contribution in [0.5, 0.6) is 0 Å². The Hall–Kier alpha value is -0.930. The molecule has 0 spiro atoms. The molecule has 0 amide bonds. The number of methoxy groups -OCH3 is 1. The fourth-order valence-electron chi connectivity index (χ4n) is 4.07. The Labute approximate surface area is 121 Å². The zero-order chi connectivity index (χ0) is 14.0. The lowest BCUT2D eigenvalue weighted by Crippen LogP contribution is -2.46. The van der Waals surface area contributed by atoms with Crippen LogP contribution in [-0.4, -0.2) is 28.9 Å². The van der Waals surface area contributed by atoms with Gasteiger partial charge >= 0.3 is 0 Å². The first-order chi connectivity index (χ1) is 9.77. The number of hydrogen-bond donors (Lipinski definition) is 1. The SMILES string of the molecule is COC1(C(O)C2CCc3cccnc32)CCCCCC1. The molecule has 20 heavy (non-hydrogen) atoms. The van der Waals surface area contributed by atoms with Gasteiger partial charge < -0.3 is 9.84 Å². The van der Waals surface area contributed by atoms with Crippen LogP contribution in [0.1, 0.15) is 62.1 Å². The predicted octanol–water partition coefficient (Wildman–Crippen LogP) is 3.21. The molecule has 110 valence electrons. The predicted molar refractivity (Wildman–Crippen MR) is 78.7 cm³/mol. The molecule has 0 aromatic carbocycles. The maximum Gasteiger partial charge on any atom is 0.0943 e. The van der Waals surface area contributed by atoms with Gasteiger partial charge in [0, 0.05) is 24.9 Å². The van der Waals surface area contributed by atoms with Crippen LogP contribution >= 0.6 is 0 Å². The van der Waals surface area contributed by atoms with Crippen LogP contribution in [-0.2, 0) is 11.2 Å². The number of ether oxygens (including phenoxy) is 1. The van der Waals surface area contributed by atoms with Gasteiger partial charge in [-0.05, 0) is 37.3 Å². The molecule has 3 heteroatoms. The van der Waals surface area contributed by atoms with Gasteiger partial charge in [0.15, 0.2) is 0 Å². The second kappa shape index (κ2) is 5.82. The largest absolute Gasteiger partial charge is 0.389 e. The molecular formula is C17H25NO2. The van der Waals surface area contributed by atoms with E-state index in [0.717, 1.165) is 44.2 Å². The third-order valence-electron chi connectivity index (χ3n) is 5.28. The molecule has 3 nitrogen and oxygen atoms in total. The second-order valence-corrected chi connectivity index (χ2v) is 6.32. The minimum absolute atomic E-state index is 0.143. The molecule has 2 atom stereocenters. The highest BCUT2D eigenvalue weighted by molar-refractivity contribution is 5.30. The fourth-order valence-corrected chi connectivity index (χ4v) is 4.07. The van der Waals surface area contributed by atoms with Crippen LogP contribution < -0.4 is 0 Å². The Morgan fingerprint density at radius 2 is 2.05 bits per heavy atom. The fraction of sp³-hybridized carbons (Fsp3) is 0.706. The first-order valence-electron chi connectivity index (χ1n) is 7.94. The van der Waals surface area contributed by atoms with Gasteiger partial charge in [-0.3, -0.25) is 4.98 Å². The zero-order valence-electron chi connectivity index (χ0n) is 12.3. The zero-order valence-corrected chi connectivity index (χ0v) is 12.3. The summed E-state index contributed by atoms with van der Waals surface area (Å²) in [6, 6.07) is 4.13. The van der Waals surface area contributed by atoms with Gasteiger partial charge in [0.05, 0.1) is 11.7 Å². The van der Waals surface area contributed by atoms with E-state index in [1.54, 1.807) is 7.11 Å². The summed E-state index contributed by atoms with van der Waals surface area (Å²) in [6.45, 7) is 0. The second-order valence-electron chi connectivity index (χ2n) is 6.32. The average Bonchev–Trinajstić information content (AvgIpc) is 2.76. The van der Waals surface area contributed by atoms with Crippen molar-refractivity contribution in [2.75, 3.05) is 7.11 Å². The van der Waals surface area contributed by atoms with Crippen molar-refractivity contribution in [1.82, 2.24) is 4.98 Å². The van der Waals surface area contributed by atoms with E-state index in [0.29, 0.717) is 0 Å². The number of aryl methyl sites for hydroxylation is 1. The molecule has 2 aliphatic rings. The van der Waals surface area contributed by atoms with E-state index in [1.807, 2.05) is 12.3 Å². The Morgan fingerprint density at radius 1 is 1.30 bits per heavy atom. The highest BCUT2D eigenvalue weighted by atomic mass is 16.5. The maximum absolute atomic E-state index is 11.0. The summed E-state index contributed by atoms with van der Waals surface area (Å²) in [4.78, 5) is 4.53. The van der Waals surface area contributed by atoms with Crippen LogP contribution in [0.15, 0.2) is 18.3 Å². The van der Waals surface area contributed by atoms with E-state index in [4.69, 9.17) is 4.74 Å². The number of rotatable bonds is 3. The van der Waals surface area contributed by atoms with Crippen molar-refractivity contribution >= 4 is 0 Å². The van der Waals surface area contributed by atoms with Crippen molar-refractivity contribution in [3.05, 3.63) is 29.6 Å². The number of nitrogens with zero attached hydrogens (tertiary/aromatic N) is 1. The van der Waals surface area contributed by atoms with Crippen molar-refractivity contribution in [3.8, 4) is 0 Å². The quantitative estimate of drug-likeness (QED) is 0.861. The smallest absolute Gasteiger partial charge is 0.0943 e. The number of aliphatic hydroxyl groups excluding tert-OH is 1. The van der Waals surface area contributed by atoms with Crippen molar-refractivity contribution < 1.29 is 9.84 Å². The Bertz CT molecular complexity index is 452. The van der Waals surface area contributed by atoms with Gasteiger partial charge in [-0.2, -0.15) is 0 Å². The molecule has 3 rings (SSSR count). The Morgan fingerprint density at radius 3 is 2.75 bits per heavy atom. The molecule has 1 fully saturated rings. The van der Waals surface area contributed by atoms with E-state index in [2.05, 4.69) is 11.1 Å². The molecule has 1 aromatic rings. The lowest BCUT2D eigenvalue weighted by atomic mass is 9.80. The molecule has 1 N–H and O–H groups in total. The van der Waals surface area contributed by atoms with Crippen LogP contribution in [0.3, 0.4) is 0 Å². The molecule has 2 unspecified atom stereocenters. The number of hydrogen-bond acceptors (Lipinski definition) is 3. The molecule has 0 saturated heterocycles. The number of fused-ring (bicyclic) bond motifs is 1. The van der Waals surface area contributed by atoms with Crippen LogP contribution in [0.4, 0.5) is 0 Å². The normalized spacial score (nSPS) is 26.8. The van der Waals surface area contributed by atoms with Gasteiger partial charge in [0.25, 0.3) is 0 Å². The van der Waals surface area contributed by atoms with Crippen LogP contribution in [0, 0.1) is 0 Å². The summed E-state index contributed by atoms with van der Waals surface area (Å²) < 4.78 is 5.87. The van der Waals surface area contributed by atoms with E-state index in [-0.39, 0.29) is 11.5 Å². The molecule has 0 bridgehead atoms. The highest BCUT2D eigenvalue weighted by Gasteiger charge is 2.45. The molecule has 1 heterocycles. The highest BCUT2D eigenvalue weighted by Crippen LogP contribution is 2.43. The van der Waals surface area contributed by atoms with Crippen molar-refractivity contribution in [1.29, 1.82) is 0 Å². The molecular weight excluding hydrogens is 250 g/mol. The summed E-state index contributed by atoms with van der Waals surface area (Å²) in [6.07, 6.45) is 10.2. The minimum Gasteiger partial charge on any atom is -0.389 e. The topological polar surface area (TPSA) is 42.4 Å². The van der Waals surface area contributed by atoms with Crippen molar-refractivity contribution in [2.24, 2.45) is 0 Å². The third-order valence-corrected chi connectivity index (χ3v) is 5.28. The summed E-state index contributed by atoms with van der Waals surface area (Å²) in [5.41, 5.74) is 2.04. The van der Waals surface area contributed by atoms with Gasteiger partial charge in [0.2, 0.25) is 0 Å². The average molecular weight is 275 g/mol. The Balaban J connectivity index is 1.86. The first kappa shape index (κ1) is 14.0. The molecule has 0 radical (unpaired) electrons. The van der Waals surface area contributed by atoms with Crippen LogP contribution in [0.25, 0.3) is 0 Å². The number of aromatic nitrogens is 1. The minimum atomic E-state index is -0.429. The van der Waals surface area contributed by atoms with E-state index in [9.17, 15) is 5.11 Å². The lowest BCUT2D eigenvalue weighted by Gasteiger charge is -2.39. The summed E-state index contributed by atoms with van der Waals surface area (Å²) in [7, 11) is 1.77. The van der Waals surface area contributed by atoms with E-state index in [1.165, 1.54) is 18.4 Å². The maximum atomic E-state index is 11.0. The summed E-state index contributed by atoms with van der Waals surface area (Å²) in [5, 5.41) is 11.0. The van der Waals surface area contributed by atoms with Crippen molar-refractivity contribution in [3.63, 3.8) is 0 Å². The van der Waals surface area contributed by atoms with Gasteiger partial charge in [0.1, 0.15) is 0 Å². The summed E-state index contributed by atoms with van der Waals surface area (Å²) in [5.74, 6) is 0.143. The van der Waals surface area contributed by atoms with E-state index < -0.39 is 6.10 Å². The lowest BCUT2D eigenvalue weighted by molar-refractivity contribution is -0.121. The molecule has 2 aliphatic carbocycles. The van der Waals surface area contributed by atoms with Gasteiger partial charge in [-0.25, -0.2) is 0 Å². The Kier molecular flexibility index (Phi) is 4.08. The van der Waals surface area contributed by atoms with Crippen LogP contribution in [0.2, 0.25) is 0 Å². The molecule has 1 aromatic heterocycles. The molecule has 1 saturated carbocycles. The number of pyridine rings is 1. The van der Waals surface area contributed by atoms with Gasteiger partial charge in [-0.15, -0.1) is 0 Å². The first-order valence-corrected chi connectivity index (χ1v) is 7.94. The van der Waals surface area contributed by atoms with Gasteiger partial charge in [-0.1, -0.05) is 31.7 Å². The van der Waals surface area contributed by atoms with E-state index >= 15 is 0 Å². The molecule has 0 aliphatic heterocycles. The monoisotopic (exact) mass is 275 g/mol. The van der Waals surface area contributed by atoms with Crippen molar-refractivity contribution in [2.45, 2.75) is 69.0 Å². The number of aliphatic hydroxyl groups is 1. The standard InChI is InChI=1S/C17H25NO2/c1-20-17(10-4-2-3-5-11-17)16(19)14-9-8-13-7-6-12-18-15(13)14/h6-7,12,14,16,19H,2-5,8-11H2,1H3.